The first-order valence-electron chi connectivity index (χ1n) is 12.8. The van der Waals surface area contributed by atoms with E-state index in [2.05, 4.69) is 22.8 Å². The average molecular weight is 533 g/mol. The fraction of sp³-hybridized carbons (Fsp3) is 0.300. The first-order valence-corrected chi connectivity index (χ1v) is 12.8. The lowest BCUT2D eigenvalue weighted by molar-refractivity contribution is -0.146. The molecule has 0 saturated carbocycles. The largest absolute Gasteiger partial charge is 0.461 e. The molecular formula is C30H32N2O7. The third-order valence-electron chi connectivity index (χ3n) is 6.17. The molecule has 204 valence electrons. The van der Waals surface area contributed by atoms with E-state index in [9.17, 15) is 14.4 Å². The van der Waals surface area contributed by atoms with E-state index < -0.39 is 12.0 Å². The summed E-state index contributed by atoms with van der Waals surface area (Å²) in [5, 5.41) is 5.00. The van der Waals surface area contributed by atoms with Crippen LogP contribution in [0.1, 0.15) is 29.0 Å². The number of carbonyl (C=O) groups is 3. The van der Waals surface area contributed by atoms with Crippen LogP contribution in [-0.2, 0) is 35.1 Å². The summed E-state index contributed by atoms with van der Waals surface area (Å²) in [6, 6.07) is 25.6. The van der Waals surface area contributed by atoms with Gasteiger partial charge in [-0.2, -0.15) is 0 Å². The molecule has 1 aliphatic carbocycles. The Hall–Kier alpha value is -4.21. The maximum Gasteiger partial charge on any atom is 0.407 e. The van der Waals surface area contributed by atoms with Crippen molar-refractivity contribution in [3.8, 4) is 11.1 Å². The maximum absolute atomic E-state index is 12.2. The van der Waals surface area contributed by atoms with E-state index in [0.29, 0.717) is 0 Å². The van der Waals surface area contributed by atoms with Gasteiger partial charge in [0, 0.05) is 5.92 Å². The molecule has 0 radical (unpaired) electrons. The molecule has 2 N–H and O–H groups in total. The van der Waals surface area contributed by atoms with E-state index in [4.69, 9.17) is 18.9 Å². The van der Waals surface area contributed by atoms with Gasteiger partial charge in [0.2, 0.25) is 5.91 Å². The Bertz CT molecular complexity index is 1200. The third kappa shape index (κ3) is 8.39. The highest BCUT2D eigenvalue weighted by Crippen LogP contribution is 2.44. The molecule has 0 atom stereocenters. The Kier molecular flexibility index (Phi) is 10.5. The van der Waals surface area contributed by atoms with Gasteiger partial charge in [-0.1, -0.05) is 78.9 Å². The van der Waals surface area contributed by atoms with Crippen LogP contribution in [0.3, 0.4) is 0 Å². The van der Waals surface area contributed by atoms with E-state index in [1.54, 1.807) is 0 Å². The van der Waals surface area contributed by atoms with Crippen LogP contribution in [0.5, 0.6) is 0 Å². The Labute approximate surface area is 227 Å². The van der Waals surface area contributed by atoms with Gasteiger partial charge in [0.05, 0.1) is 26.2 Å². The van der Waals surface area contributed by atoms with Crippen molar-refractivity contribution in [1.82, 2.24) is 10.6 Å². The molecule has 0 aromatic heterocycles. The third-order valence-corrected chi connectivity index (χ3v) is 6.17. The van der Waals surface area contributed by atoms with Crippen molar-refractivity contribution in [3.05, 3.63) is 95.6 Å². The van der Waals surface area contributed by atoms with Gasteiger partial charge < -0.3 is 29.6 Å². The van der Waals surface area contributed by atoms with Crippen LogP contribution in [0.2, 0.25) is 0 Å². The number of fused-ring (bicyclic) bond motifs is 3. The van der Waals surface area contributed by atoms with Gasteiger partial charge in [-0.3, -0.25) is 9.59 Å². The second-order valence-corrected chi connectivity index (χ2v) is 8.84. The maximum atomic E-state index is 12.2. The summed E-state index contributed by atoms with van der Waals surface area (Å²) < 4.78 is 21.2. The monoisotopic (exact) mass is 532 g/mol. The molecule has 0 aliphatic heterocycles. The minimum Gasteiger partial charge on any atom is -0.461 e. The van der Waals surface area contributed by atoms with Crippen LogP contribution in [0.4, 0.5) is 4.79 Å². The van der Waals surface area contributed by atoms with Crippen molar-refractivity contribution in [2.24, 2.45) is 0 Å². The molecule has 0 fully saturated rings. The molecule has 39 heavy (non-hydrogen) atoms. The highest BCUT2D eigenvalue weighted by atomic mass is 16.6. The summed E-state index contributed by atoms with van der Waals surface area (Å²) in [4.78, 5) is 35.9. The average Bonchev–Trinajstić information content (AvgIpc) is 3.29. The molecule has 9 heteroatoms. The highest BCUT2D eigenvalue weighted by molar-refractivity contribution is 5.82. The molecule has 0 unspecified atom stereocenters. The number of nitrogens with one attached hydrogen (secondary N) is 2. The molecule has 0 heterocycles. The van der Waals surface area contributed by atoms with Gasteiger partial charge in [-0.15, -0.1) is 0 Å². The molecule has 3 aromatic rings. The van der Waals surface area contributed by atoms with Crippen LogP contribution < -0.4 is 10.6 Å². The molecule has 9 nitrogen and oxygen atoms in total. The van der Waals surface area contributed by atoms with E-state index in [1.807, 2.05) is 66.7 Å². The molecule has 3 aromatic carbocycles. The first-order chi connectivity index (χ1) is 19.1. The summed E-state index contributed by atoms with van der Waals surface area (Å²) in [5.41, 5.74) is 5.46. The van der Waals surface area contributed by atoms with Crippen molar-refractivity contribution in [2.45, 2.75) is 18.9 Å². The van der Waals surface area contributed by atoms with Crippen molar-refractivity contribution >= 4 is 18.0 Å². The quantitative estimate of drug-likeness (QED) is 0.185. The zero-order valence-corrected chi connectivity index (χ0v) is 21.6. The minimum absolute atomic E-state index is 0.0340. The molecule has 0 spiro atoms. The molecule has 0 bridgehead atoms. The lowest BCUT2D eigenvalue weighted by Crippen LogP contribution is -2.38. The fourth-order valence-corrected chi connectivity index (χ4v) is 4.25. The highest BCUT2D eigenvalue weighted by Gasteiger charge is 2.29. The van der Waals surface area contributed by atoms with Crippen molar-refractivity contribution in [3.63, 3.8) is 0 Å². The summed E-state index contributed by atoms with van der Waals surface area (Å²) >= 11 is 0. The summed E-state index contributed by atoms with van der Waals surface area (Å²) in [5.74, 6) is -0.797. The number of ether oxygens (including phenoxy) is 4. The molecule has 4 rings (SSSR count). The molecule has 1 aliphatic rings. The predicted octanol–water partition coefficient (Wildman–Crippen LogP) is 3.77. The van der Waals surface area contributed by atoms with E-state index in [0.717, 1.165) is 27.8 Å². The standard InChI is InChI=1S/C30H32N2O7/c33-28(32-21-37-17-16-36-15-14-29(34)38-19-22-8-2-1-3-9-22)18-31-30(35)39-20-27-25-12-6-4-10-23(25)24-11-5-7-13-26(24)27/h1-13,27H,14-21H2,(H,31,35)(H,32,33). The van der Waals surface area contributed by atoms with E-state index in [-0.39, 0.29) is 64.6 Å². The minimum atomic E-state index is -0.663. The molecular weight excluding hydrogens is 500 g/mol. The Balaban J connectivity index is 1.02. The number of hydrogen-bond donors (Lipinski definition) is 2. The van der Waals surface area contributed by atoms with Gasteiger partial charge in [-0.25, -0.2) is 4.79 Å². The van der Waals surface area contributed by atoms with Crippen LogP contribution in [0.25, 0.3) is 11.1 Å². The lowest BCUT2D eigenvalue weighted by Gasteiger charge is -2.14. The summed E-state index contributed by atoms with van der Waals surface area (Å²) in [6.45, 7) is 0.857. The lowest BCUT2D eigenvalue weighted by atomic mass is 9.98. The van der Waals surface area contributed by atoms with Crippen molar-refractivity contribution in [1.29, 1.82) is 0 Å². The number of benzene rings is 3. The second-order valence-electron chi connectivity index (χ2n) is 8.84. The first kappa shape index (κ1) is 27.8. The SMILES string of the molecule is O=C(CNC(=O)OCC1c2ccccc2-c2ccccc21)NCOCCOCCC(=O)OCc1ccccc1. The zero-order chi connectivity index (χ0) is 27.3. The molecule has 0 saturated heterocycles. The Morgan fingerprint density at radius 3 is 2.05 bits per heavy atom. The second kappa shape index (κ2) is 14.7. The number of rotatable bonds is 14. The van der Waals surface area contributed by atoms with Crippen LogP contribution in [0, 0.1) is 0 Å². The Morgan fingerprint density at radius 2 is 1.33 bits per heavy atom. The van der Waals surface area contributed by atoms with Crippen LogP contribution in [-0.4, -0.2) is 57.7 Å². The Morgan fingerprint density at radius 1 is 0.692 bits per heavy atom. The van der Waals surface area contributed by atoms with Crippen LogP contribution >= 0.6 is 0 Å². The number of carbonyl (C=O) groups excluding carboxylic acids is 3. The number of amides is 2. The fourth-order valence-electron chi connectivity index (χ4n) is 4.25. The smallest absolute Gasteiger partial charge is 0.407 e. The number of hydrogen-bond acceptors (Lipinski definition) is 7. The van der Waals surface area contributed by atoms with Gasteiger partial charge in [-0.05, 0) is 27.8 Å². The topological polar surface area (TPSA) is 112 Å². The van der Waals surface area contributed by atoms with E-state index in [1.165, 1.54) is 0 Å². The van der Waals surface area contributed by atoms with Crippen molar-refractivity contribution < 1.29 is 33.3 Å². The zero-order valence-electron chi connectivity index (χ0n) is 21.6. The predicted molar refractivity (Wildman–Crippen MR) is 144 cm³/mol. The van der Waals surface area contributed by atoms with E-state index >= 15 is 0 Å². The summed E-state index contributed by atoms with van der Waals surface area (Å²) in [6.07, 6.45) is -0.519. The van der Waals surface area contributed by atoms with Crippen LogP contribution in [0.15, 0.2) is 78.9 Å². The van der Waals surface area contributed by atoms with Gasteiger partial charge >= 0.3 is 12.1 Å². The summed E-state index contributed by atoms with van der Waals surface area (Å²) in [7, 11) is 0. The number of esters is 1. The van der Waals surface area contributed by atoms with Gasteiger partial charge in [0.1, 0.15) is 26.5 Å². The van der Waals surface area contributed by atoms with Gasteiger partial charge in [0.25, 0.3) is 0 Å². The normalized spacial score (nSPS) is 11.8. The number of alkyl carbamates (subject to hydrolysis) is 1. The van der Waals surface area contributed by atoms with Crippen molar-refractivity contribution in [2.75, 3.05) is 39.7 Å². The van der Waals surface area contributed by atoms with Gasteiger partial charge in [0.15, 0.2) is 0 Å². The molecule has 2 amide bonds.